The molecular weight excluding hydrogens is 386 g/mol. The van der Waals surface area contributed by atoms with E-state index >= 15 is 0 Å². The van der Waals surface area contributed by atoms with Crippen LogP contribution in [0.3, 0.4) is 0 Å². The van der Waals surface area contributed by atoms with E-state index < -0.39 is 6.98 Å². The van der Waals surface area contributed by atoms with Gasteiger partial charge in [0.1, 0.15) is 29.2 Å². The van der Waals surface area contributed by atoms with Gasteiger partial charge in [0.2, 0.25) is 5.95 Å². The second kappa shape index (κ2) is 7.27. The van der Waals surface area contributed by atoms with Crippen molar-refractivity contribution in [3.05, 3.63) is 24.2 Å². The molecule has 2 aliphatic rings. The molecule has 3 aromatic heterocycles. The van der Waals surface area contributed by atoms with Crippen molar-refractivity contribution < 1.29 is 18.3 Å². The highest BCUT2D eigenvalue weighted by Gasteiger charge is 2.32. The molecule has 2 fully saturated rings. The van der Waals surface area contributed by atoms with Crippen molar-refractivity contribution in [2.45, 2.75) is 32.1 Å². The van der Waals surface area contributed by atoms with Gasteiger partial charge in [0.15, 0.2) is 0 Å². The molecular formula is C20H23N7O3. The third-order valence-electron chi connectivity index (χ3n) is 5.59. The van der Waals surface area contributed by atoms with E-state index in [0.717, 1.165) is 10.1 Å². The first-order valence-corrected chi connectivity index (χ1v) is 9.76. The second-order valence-electron chi connectivity index (χ2n) is 7.68. The molecule has 0 aliphatic carbocycles. The average molecular weight is 412 g/mol. The lowest BCUT2D eigenvalue weighted by Crippen LogP contribution is -2.46. The molecule has 156 valence electrons. The van der Waals surface area contributed by atoms with Crippen molar-refractivity contribution in [3.8, 4) is 11.9 Å². The highest BCUT2D eigenvalue weighted by molar-refractivity contribution is 5.79. The van der Waals surface area contributed by atoms with Crippen molar-refractivity contribution in [2.24, 2.45) is 12.9 Å². The van der Waals surface area contributed by atoms with Crippen molar-refractivity contribution >= 4 is 22.7 Å². The summed E-state index contributed by atoms with van der Waals surface area (Å²) in [5.74, 6) is 0.579. The van der Waals surface area contributed by atoms with E-state index in [2.05, 4.69) is 33.4 Å². The number of nitrogens with one attached hydrogen (secondary N) is 1. The third-order valence-corrected chi connectivity index (χ3v) is 5.59. The van der Waals surface area contributed by atoms with Crippen LogP contribution >= 0.6 is 0 Å². The van der Waals surface area contributed by atoms with Crippen LogP contribution in [0.5, 0.6) is 5.88 Å². The van der Waals surface area contributed by atoms with Gasteiger partial charge in [-0.2, -0.15) is 10.2 Å². The molecule has 3 aromatic rings. The Morgan fingerprint density at radius 1 is 1.37 bits per heavy atom. The zero-order valence-electron chi connectivity index (χ0n) is 19.6. The first-order chi connectivity index (χ1) is 15.7. The summed E-state index contributed by atoms with van der Waals surface area (Å²) in [4.78, 5) is 8.98. The van der Waals surface area contributed by atoms with Crippen LogP contribution in [0.25, 0.3) is 11.0 Å². The molecule has 0 unspecified atom stereocenters. The van der Waals surface area contributed by atoms with Gasteiger partial charge in [0.05, 0.1) is 38.2 Å². The fourth-order valence-electron chi connectivity index (χ4n) is 3.76. The highest BCUT2D eigenvalue weighted by Crippen LogP contribution is 2.33. The molecule has 10 heteroatoms. The van der Waals surface area contributed by atoms with Crippen LogP contribution in [0.1, 0.15) is 29.7 Å². The van der Waals surface area contributed by atoms with Gasteiger partial charge in [-0.05, 0) is 13.0 Å². The number of aromatic nitrogens is 5. The van der Waals surface area contributed by atoms with E-state index in [4.69, 9.17) is 18.3 Å². The Bertz CT molecular complexity index is 1230. The summed E-state index contributed by atoms with van der Waals surface area (Å²) in [5, 5.41) is 17.5. The number of ether oxygens (including phenoxy) is 3. The molecule has 2 saturated heterocycles. The summed E-state index contributed by atoms with van der Waals surface area (Å²) < 4.78 is 42.6. The number of hydrogen-bond acceptors (Lipinski definition) is 8. The fraction of sp³-hybridized carbons (Fsp3) is 0.500. The van der Waals surface area contributed by atoms with Crippen molar-refractivity contribution in [2.75, 3.05) is 25.1 Å². The quantitative estimate of drug-likeness (QED) is 0.678. The van der Waals surface area contributed by atoms with Crippen LogP contribution < -0.4 is 10.1 Å². The van der Waals surface area contributed by atoms with Crippen molar-refractivity contribution in [1.29, 1.82) is 5.26 Å². The van der Waals surface area contributed by atoms with Crippen LogP contribution in [0.15, 0.2) is 18.5 Å². The predicted molar refractivity (Wildman–Crippen MR) is 108 cm³/mol. The van der Waals surface area contributed by atoms with Gasteiger partial charge < -0.3 is 24.1 Å². The number of nitriles is 1. The Morgan fingerprint density at radius 3 is 2.93 bits per heavy atom. The number of hydrogen-bond donors (Lipinski definition) is 1. The van der Waals surface area contributed by atoms with Gasteiger partial charge in [0, 0.05) is 28.6 Å². The summed E-state index contributed by atoms with van der Waals surface area (Å²) in [6, 6.07) is 3.97. The molecule has 0 spiro atoms. The largest absolute Gasteiger partial charge is 0.467 e. The topological polar surface area (TPSA) is 112 Å². The Labute approximate surface area is 177 Å². The van der Waals surface area contributed by atoms with Crippen molar-refractivity contribution in [1.82, 2.24) is 24.3 Å². The molecule has 5 heterocycles. The molecule has 10 nitrogen and oxygen atoms in total. The monoisotopic (exact) mass is 412 g/mol. The van der Waals surface area contributed by atoms with E-state index in [1.165, 1.54) is 6.20 Å². The number of fused-ring (bicyclic) bond motifs is 1. The first-order valence-electron chi connectivity index (χ1n) is 11.3. The summed E-state index contributed by atoms with van der Waals surface area (Å²) in [5.41, 5.74) is 1.40. The van der Waals surface area contributed by atoms with E-state index in [1.54, 1.807) is 12.3 Å². The summed E-state index contributed by atoms with van der Waals surface area (Å²) in [7, 11) is 0. The van der Waals surface area contributed by atoms with Gasteiger partial charge in [0.25, 0.3) is 5.88 Å². The summed E-state index contributed by atoms with van der Waals surface area (Å²) in [6.07, 6.45) is 2.62. The SMILES string of the molecule is [2H]C([2H])([2H])n1cc(Nc2ncc3cc(C#N)n([C@H]4COC[C@@H]4C)c3n2)c(O[C@H]2CO[C@@H]2C)n1. The van der Waals surface area contributed by atoms with E-state index in [1.807, 2.05) is 11.5 Å². The predicted octanol–water partition coefficient (Wildman–Crippen LogP) is 2.15. The number of nitrogens with zero attached hydrogens (tertiary/aromatic N) is 6. The summed E-state index contributed by atoms with van der Waals surface area (Å²) >= 11 is 0. The zero-order valence-corrected chi connectivity index (χ0v) is 16.6. The Morgan fingerprint density at radius 2 is 2.27 bits per heavy atom. The smallest absolute Gasteiger partial charge is 0.257 e. The lowest BCUT2D eigenvalue weighted by Gasteiger charge is -2.33. The van der Waals surface area contributed by atoms with Crippen LogP contribution in [-0.2, 0) is 16.4 Å². The molecule has 5 rings (SSSR count). The van der Waals surface area contributed by atoms with Crippen LogP contribution in [-0.4, -0.2) is 56.3 Å². The normalized spacial score (nSPS) is 27.7. The highest BCUT2D eigenvalue weighted by atomic mass is 16.6. The molecule has 0 amide bonds. The Hall–Kier alpha value is -3.16. The standard InChI is InChI=1S/C20H23N7O3/c1-11-8-28-9-16(11)27-14(5-21)4-13-6-22-20(24-18(13)27)23-15-7-26(3)25-19(15)30-17-10-29-12(17)2/h4,6-7,11-12,16-17H,8-10H2,1-3H3,(H,22,23,24)/t11-,12+,16-,17-/m0/s1/i3D3. The lowest BCUT2D eigenvalue weighted by atomic mass is 10.1. The minimum Gasteiger partial charge on any atom is -0.467 e. The Kier molecular flexibility index (Phi) is 3.79. The molecule has 1 N–H and O–H groups in total. The number of anilines is 2. The summed E-state index contributed by atoms with van der Waals surface area (Å²) in [6.45, 7) is 2.98. The van der Waals surface area contributed by atoms with E-state index in [-0.39, 0.29) is 36.0 Å². The number of aryl methyl sites for hydroxylation is 1. The first kappa shape index (κ1) is 15.6. The second-order valence-corrected chi connectivity index (χ2v) is 7.68. The van der Waals surface area contributed by atoms with Gasteiger partial charge in [-0.15, -0.1) is 5.10 Å². The van der Waals surface area contributed by atoms with E-state index in [9.17, 15) is 5.26 Å². The van der Waals surface area contributed by atoms with Crippen molar-refractivity contribution in [3.63, 3.8) is 0 Å². The third kappa shape index (κ3) is 3.16. The van der Waals surface area contributed by atoms with Crippen LogP contribution in [0.4, 0.5) is 11.6 Å². The molecule has 4 atom stereocenters. The van der Waals surface area contributed by atoms with Gasteiger partial charge in [-0.1, -0.05) is 6.92 Å². The minimum atomic E-state index is -2.47. The maximum absolute atomic E-state index is 9.65. The minimum absolute atomic E-state index is 0.0165. The maximum atomic E-state index is 9.65. The van der Waals surface area contributed by atoms with E-state index in [0.29, 0.717) is 36.8 Å². The van der Waals surface area contributed by atoms with Gasteiger partial charge in [-0.25, -0.2) is 4.98 Å². The number of rotatable bonds is 5. The van der Waals surface area contributed by atoms with Gasteiger partial charge in [-0.3, -0.25) is 4.68 Å². The molecule has 0 saturated carbocycles. The average Bonchev–Trinajstić information content (AvgIpc) is 3.46. The molecule has 0 bridgehead atoms. The fourth-order valence-corrected chi connectivity index (χ4v) is 3.76. The maximum Gasteiger partial charge on any atom is 0.257 e. The molecule has 2 aliphatic heterocycles. The van der Waals surface area contributed by atoms with Crippen LogP contribution in [0, 0.1) is 17.2 Å². The lowest BCUT2D eigenvalue weighted by molar-refractivity contribution is -0.140. The van der Waals surface area contributed by atoms with Gasteiger partial charge >= 0.3 is 0 Å². The molecule has 0 aromatic carbocycles. The molecule has 0 radical (unpaired) electrons. The van der Waals surface area contributed by atoms with Crippen LogP contribution in [0.2, 0.25) is 0 Å². The Balaban J connectivity index is 1.51. The molecule has 30 heavy (non-hydrogen) atoms. The zero-order chi connectivity index (χ0) is 23.3.